The van der Waals surface area contributed by atoms with E-state index in [9.17, 15) is 19.5 Å². The number of pyridine rings is 1. The number of Topliss-reactive ketones (excluding diaryl/α,β-unsaturated/α-hetero) is 1. The number of carbonyl (C=O) groups is 3. The predicted molar refractivity (Wildman–Crippen MR) is 122 cm³/mol. The summed E-state index contributed by atoms with van der Waals surface area (Å²) in [7, 11) is 1.26. The van der Waals surface area contributed by atoms with Crippen molar-refractivity contribution >= 4 is 23.4 Å². The maximum atomic E-state index is 13.2. The highest BCUT2D eigenvalue weighted by atomic mass is 16.5. The van der Waals surface area contributed by atoms with Gasteiger partial charge in [-0.05, 0) is 37.5 Å². The lowest BCUT2D eigenvalue weighted by molar-refractivity contribution is -0.139. The Morgan fingerprint density at radius 3 is 2.65 bits per heavy atom. The van der Waals surface area contributed by atoms with Crippen LogP contribution >= 0.6 is 0 Å². The number of nitrogens with one attached hydrogen (secondary N) is 1. The van der Waals surface area contributed by atoms with Gasteiger partial charge in [-0.3, -0.25) is 14.6 Å². The summed E-state index contributed by atoms with van der Waals surface area (Å²) in [6.45, 7) is 4.22. The van der Waals surface area contributed by atoms with Crippen molar-refractivity contribution in [3.63, 3.8) is 0 Å². The molecule has 0 aliphatic carbocycles. The van der Waals surface area contributed by atoms with Gasteiger partial charge in [-0.15, -0.1) is 0 Å². The second-order valence-corrected chi connectivity index (χ2v) is 8.05. The van der Waals surface area contributed by atoms with Crippen LogP contribution in [0.15, 0.2) is 48.8 Å². The number of nitrogens with zero attached hydrogens (tertiary/aromatic N) is 4. The normalized spacial score (nSPS) is 17.4. The molecule has 3 aromatic heterocycles. The Morgan fingerprint density at radius 1 is 1.21 bits per heavy atom. The summed E-state index contributed by atoms with van der Waals surface area (Å²) in [6, 6.07) is 2.66. The minimum absolute atomic E-state index is 0.0396. The van der Waals surface area contributed by atoms with Crippen molar-refractivity contribution in [1.82, 2.24) is 24.4 Å². The molecule has 0 spiro atoms. The number of aliphatic hydroxyl groups is 1. The van der Waals surface area contributed by atoms with Crippen molar-refractivity contribution in [3.8, 4) is 0 Å². The molecule has 4 heterocycles. The van der Waals surface area contributed by atoms with E-state index < -0.39 is 23.7 Å². The number of methoxy groups -OCH3 is 1. The Labute approximate surface area is 195 Å². The average molecular weight is 463 g/mol. The fourth-order valence-corrected chi connectivity index (χ4v) is 4.38. The van der Waals surface area contributed by atoms with E-state index in [1.54, 1.807) is 50.9 Å². The number of aromatic nitrogens is 4. The Bertz CT molecular complexity index is 1260. The molecule has 1 aliphatic heterocycles. The quantitative estimate of drug-likeness (QED) is 0.238. The fraction of sp³-hybridized carbons (Fsp3) is 0.292. The van der Waals surface area contributed by atoms with Crippen LogP contribution in [0.5, 0.6) is 0 Å². The first-order valence-electron chi connectivity index (χ1n) is 10.8. The number of hydrogen-bond acceptors (Lipinski definition) is 7. The Kier molecular flexibility index (Phi) is 6.31. The fourth-order valence-electron chi connectivity index (χ4n) is 4.38. The number of hydrogen-bond donors (Lipinski definition) is 2. The highest BCUT2D eigenvalue weighted by Gasteiger charge is 2.46. The largest absolute Gasteiger partial charge is 0.507 e. The number of ketones is 1. The number of aromatic amines is 1. The maximum Gasteiger partial charge on any atom is 0.354 e. The molecular formula is C24H25N5O5. The molecule has 0 saturated carbocycles. The number of likely N-dealkylation sites (tertiary alicyclic amines) is 1. The SMILES string of the molecule is COC(=O)c1[nH]c(C)c(C(O)=C2C(=O)C(=O)N(CCCn3ccnc3)[C@@H]2c2cccnc2)c1C. The highest BCUT2D eigenvalue weighted by Crippen LogP contribution is 2.40. The van der Waals surface area contributed by atoms with Crippen molar-refractivity contribution in [2.45, 2.75) is 32.9 Å². The molecule has 0 unspecified atom stereocenters. The topological polar surface area (TPSA) is 130 Å². The van der Waals surface area contributed by atoms with Crippen LogP contribution in [0.2, 0.25) is 0 Å². The third kappa shape index (κ3) is 3.98. The molecule has 4 rings (SSSR count). The molecule has 1 saturated heterocycles. The van der Waals surface area contributed by atoms with Gasteiger partial charge in [-0.2, -0.15) is 0 Å². The zero-order valence-corrected chi connectivity index (χ0v) is 19.1. The number of imidazole rings is 1. The third-order valence-corrected chi connectivity index (χ3v) is 5.98. The first-order valence-corrected chi connectivity index (χ1v) is 10.8. The van der Waals surface area contributed by atoms with Crippen LogP contribution in [0.1, 0.15) is 45.3 Å². The molecule has 2 N–H and O–H groups in total. The van der Waals surface area contributed by atoms with E-state index in [1.165, 1.54) is 12.0 Å². The first-order chi connectivity index (χ1) is 16.3. The minimum Gasteiger partial charge on any atom is -0.507 e. The van der Waals surface area contributed by atoms with Gasteiger partial charge in [0.05, 0.1) is 25.1 Å². The molecule has 176 valence electrons. The van der Waals surface area contributed by atoms with Crippen molar-refractivity contribution in [3.05, 3.63) is 76.9 Å². The van der Waals surface area contributed by atoms with Crippen molar-refractivity contribution in [2.24, 2.45) is 0 Å². The van der Waals surface area contributed by atoms with E-state index in [4.69, 9.17) is 4.74 Å². The summed E-state index contributed by atoms with van der Waals surface area (Å²) < 4.78 is 6.68. The minimum atomic E-state index is -0.813. The van der Waals surface area contributed by atoms with Gasteiger partial charge in [0, 0.05) is 49.1 Å². The summed E-state index contributed by atoms with van der Waals surface area (Å²) in [6.07, 6.45) is 8.92. The molecule has 0 aromatic carbocycles. The molecule has 1 amide bonds. The number of H-pyrrole nitrogens is 1. The van der Waals surface area contributed by atoms with Gasteiger partial charge in [0.2, 0.25) is 0 Å². The van der Waals surface area contributed by atoms with Crippen LogP contribution in [0.4, 0.5) is 0 Å². The van der Waals surface area contributed by atoms with Gasteiger partial charge in [-0.1, -0.05) is 6.07 Å². The lowest BCUT2D eigenvalue weighted by Crippen LogP contribution is -2.31. The van der Waals surface area contributed by atoms with E-state index in [0.717, 1.165) is 0 Å². The third-order valence-electron chi connectivity index (χ3n) is 5.98. The number of rotatable bonds is 7. The number of ether oxygens (including phenoxy) is 1. The summed E-state index contributed by atoms with van der Waals surface area (Å²) in [4.78, 5) is 50.9. The van der Waals surface area contributed by atoms with Crippen LogP contribution in [-0.2, 0) is 20.9 Å². The molecule has 10 nitrogen and oxygen atoms in total. The van der Waals surface area contributed by atoms with E-state index in [2.05, 4.69) is 15.0 Å². The number of esters is 1. The number of aryl methyl sites for hydroxylation is 2. The second kappa shape index (κ2) is 9.34. The van der Waals surface area contributed by atoms with Gasteiger partial charge in [0.1, 0.15) is 11.5 Å². The van der Waals surface area contributed by atoms with Crippen LogP contribution in [0.3, 0.4) is 0 Å². The van der Waals surface area contributed by atoms with Crippen LogP contribution in [0.25, 0.3) is 5.76 Å². The lowest BCUT2D eigenvalue weighted by atomic mass is 9.95. The molecule has 1 atom stereocenters. The van der Waals surface area contributed by atoms with Crippen LogP contribution in [0, 0.1) is 13.8 Å². The molecule has 34 heavy (non-hydrogen) atoms. The van der Waals surface area contributed by atoms with E-state index >= 15 is 0 Å². The molecule has 0 bridgehead atoms. The molecule has 1 fully saturated rings. The van der Waals surface area contributed by atoms with Crippen molar-refractivity contribution in [2.75, 3.05) is 13.7 Å². The highest BCUT2D eigenvalue weighted by molar-refractivity contribution is 6.46. The maximum absolute atomic E-state index is 13.2. The Hall–Kier alpha value is -4.21. The lowest BCUT2D eigenvalue weighted by Gasteiger charge is -2.25. The Balaban J connectivity index is 1.78. The van der Waals surface area contributed by atoms with Crippen LogP contribution < -0.4 is 0 Å². The summed E-state index contributed by atoms with van der Waals surface area (Å²) in [5.41, 5.74) is 1.94. The van der Waals surface area contributed by atoms with Gasteiger partial charge in [0.25, 0.3) is 11.7 Å². The number of amides is 1. The number of aliphatic hydroxyl groups excluding tert-OH is 1. The smallest absolute Gasteiger partial charge is 0.354 e. The van der Waals surface area contributed by atoms with Gasteiger partial charge in [0.15, 0.2) is 0 Å². The number of carbonyl (C=O) groups excluding carboxylic acids is 3. The molecular weight excluding hydrogens is 438 g/mol. The summed E-state index contributed by atoms with van der Waals surface area (Å²) in [5.74, 6) is -2.41. The van der Waals surface area contributed by atoms with E-state index in [0.29, 0.717) is 35.3 Å². The predicted octanol–water partition coefficient (Wildman–Crippen LogP) is 2.52. The molecule has 1 aliphatic rings. The summed E-state index contributed by atoms with van der Waals surface area (Å²) >= 11 is 0. The zero-order valence-electron chi connectivity index (χ0n) is 19.1. The zero-order chi connectivity index (χ0) is 24.4. The molecule has 10 heteroatoms. The van der Waals surface area contributed by atoms with Gasteiger partial charge < -0.3 is 24.3 Å². The standard InChI is InChI=1S/C24H25N5O5/c1-14-17(15(2)27-19(14)24(33)34-3)21(30)18-20(16-6-4-7-25-12-16)29(23(32)22(18)31)10-5-9-28-11-8-26-13-28/h4,6-8,11-13,20,27,30H,5,9-10H2,1-3H3/t20-/m1/s1. The monoisotopic (exact) mass is 463 g/mol. The van der Waals surface area contributed by atoms with E-state index in [1.807, 2.05) is 10.8 Å². The van der Waals surface area contributed by atoms with Gasteiger partial charge in [-0.25, -0.2) is 9.78 Å². The first kappa shape index (κ1) is 23.0. The van der Waals surface area contributed by atoms with Gasteiger partial charge >= 0.3 is 5.97 Å². The van der Waals surface area contributed by atoms with E-state index in [-0.39, 0.29) is 23.6 Å². The van der Waals surface area contributed by atoms with Crippen molar-refractivity contribution in [1.29, 1.82) is 0 Å². The van der Waals surface area contributed by atoms with Crippen LogP contribution in [-0.4, -0.2) is 60.8 Å². The molecule has 0 radical (unpaired) electrons. The average Bonchev–Trinajstić information content (AvgIpc) is 3.52. The summed E-state index contributed by atoms with van der Waals surface area (Å²) in [5, 5.41) is 11.3. The van der Waals surface area contributed by atoms with Crippen molar-refractivity contribution < 1.29 is 24.2 Å². The molecule has 3 aromatic rings. The second-order valence-electron chi connectivity index (χ2n) is 8.05. The Morgan fingerprint density at radius 2 is 2.00 bits per heavy atom.